The highest BCUT2D eigenvalue weighted by molar-refractivity contribution is 7.99. The lowest BCUT2D eigenvalue weighted by atomic mass is 9.95. The Balaban J connectivity index is 1.32. The quantitative estimate of drug-likeness (QED) is 0.854. The SMILES string of the molecule is O=C(CSc1nc2ccccc2[nH]1)N[C@@H]1C[C@H]2CC[C@H]1C2. The van der Waals surface area contributed by atoms with Crippen LogP contribution in [0.1, 0.15) is 25.7 Å². The molecule has 2 aliphatic carbocycles. The highest BCUT2D eigenvalue weighted by Crippen LogP contribution is 2.44. The van der Waals surface area contributed by atoms with Crippen molar-refractivity contribution in [2.24, 2.45) is 11.8 Å². The van der Waals surface area contributed by atoms with E-state index in [0.29, 0.717) is 11.8 Å². The van der Waals surface area contributed by atoms with Crippen molar-refractivity contribution in [1.82, 2.24) is 15.3 Å². The molecule has 3 atom stereocenters. The van der Waals surface area contributed by atoms with Crippen molar-refractivity contribution in [3.8, 4) is 0 Å². The number of carbonyl (C=O) groups excluding carboxylic acids is 1. The lowest BCUT2D eigenvalue weighted by Gasteiger charge is -2.22. The maximum Gasteiger partial charge on any atom is 0.230 e. The first-order chi connectivity index (χ1) is 10.3. The zero-order valence-corrected chi connectivity index (χ0v) is 12.7. The molecule has 1 amide bonds. The molecule has 4 rings (SSSR count). The summed E-state index contributed by atoms with van der Waals surface area (Å²) in [6.45, 7) is 0. The van der Waals surface area contributed by atoms with Crippen LogP contribution < -0.4 is 5.32 Å². The smallest absolute Gasteiger partial charge is 0.230 e. The highest BCUT2D eigenvalue weighted by Gasteiger charge is 2.39. The number of nitrogens with one attached hydrogen (secondary N) is 2. The third-order valence-corrected chi connectivity index (χ3v) is 5.67. The van der Waals surface area contributed by atoms with E-state index in [9.17, 15) is 4.79 Å². The van der Waals surface area contributed by atoms with Crippen LogP contribution in [-0.4, -0.2) is 27.7 Å². The molecular formula is C16H19N3OS. The van der Waals surface area contributed by atoms with E-state index in [1.165, 1.54) is 37.4 Å². The third-order valence-electron chi connectivity index (χ3n) is 4.79. The monoisotopic (exact) mass is 301 g/mol. The molecule has 0 aliphatic heterocycles. The molecule has 0 radical (unpaired) electrons. The Kier molecular flexibility index (Phi) is 3.37. The van der Waals surface area contributed by atoms with Gasteiger partial charge in [-0.2, -0.15) is 0 Å². The van der Waals surface area contributed by atoms with Gasteiger partial charge in [-0.1, -0.05) is 30.3 Å². The fourth-order valence-electron chi connectivity index (χ4n) is 3.80. The van der Waals surface area contributed by atoms with Crippen molar-refractivity contribution >= 4 is 28.7 Å². The molecule has 2 bridgehead atoms. The molecule has 2 fully saturated rings. The van der Waals surface area contributed by atoms with Crippen molar-refractivity contribution in [3.05, 3.63) is 24.3 Å². The van der Waals surface area contributed by atoms with Crippen LogP contribution in [0.3, 0.4) is 0 Å². The van der Waals surface area contributed by atoms with Crippen LogP contribution in [0, 0.1) is 11.8 Å². The van der Waals surface area contributed by atoms with Crippen LogP contribution in [0.2, 0.25) is 0 Å². The molecule has 2 aliphatic rings. The van der Waals surface area contributed by atoms with Gasteiger partial charge in [0.05, 0.1) is 16.8 Å². The summed E-state index contributed by atoms with van der Waals surface area (Å²) in [7, 11) is 0. The molecule has 1 heterocycles. The summed E-state index contributed by atoms with van der Waals surface area (Å²) in [4.78, 5) is 19.8. The molecule has 2 aromatic rings. The Morgan fingerprint density at radius 3 is 3.00 bits per heavy atom. The Bertz CT molecular complexity index is 635. The minimum Gasteiger partial charge on any atom is -0.352 e. The van der Waals surface area contributed by atoms with E-state index < -0.39 is 0 Å². The largest absolute Gasteiger partial charge is 0.352 e. The van der Waals surface area contributed by atoms with Gasteiger partial charge in [-0.25, -0.2) is 4.98 Å². The van der Waals surface area contributed by atoms with Crippen LogP contribution in [-0.2, 0) is 4.79 Å². The van der Waals surface area contributed by atoms with E-state index in [1.807, 2.05) is 24.3 Å². The second-order valence-electron chi connectivity index (χ2n) is 6.20. The fourth-order valence-corrected chi connectivity index (χ4v) is 4.50. The molecule has 21 heavy (non-hydrogen) atoms. The van der Waals surface area contributed by atoms with Gasteiger partial charge in [0.2, 0.25) is 5.91 Å². The van der Waals surface area contributed by atoms with Crippen LogP contribution in [0.15, 0.2) is 29.4 Å². The first-order valence-electron chi connectivity index (χ1n) is 7.65. The van der Waals surface area contributed by atoms with Crippen LogP contribution in [0.5, 0.6) is 0 Å². The van der Waals surface area contributed by atoms with Crippen LogP contribution in [0.4, 0.5) is 0 Å². The maximum absolute atomic E-state index is 12.1. The molecule has 5 heteroatoms. The molecular weight excluding hydrogens is 282 g/mol. The van der Waals surface area contributed by atoms with E-state index in [1.54, 1.807) is 0 Å². The second kappa shape index (κ2) is 5.37. The Morgan fingerprint density at radius 2 is 2.24 bits per heavy atom. The molecule has 2 N–H and O–H groups in total. The molecule has 0 saturated heterocycles. The average molecular weight is 301 g/mol. The van der Waals surface area contributed by atoms with E-state index in [4.69, 9.17) is 0 Å². The fraction of sp³-hybridized carbons (Fsp3) is 0.500. The van der Waals surface area contributed by atoms with Gasteiger partial charge in [0, 0.05) is 6.04 Å². The number of imidazole rings is 1. The Labute approximate surface area is 128 Å². The number of amides is 1. The van der Waals surface area contributed by atoms with E-state index in [2.05, 4.69) is 15.3 Å². The molecule has 1 aromatic carbocycles. The maximum atomic E-state index is 12.1. The number of fused-ring (bicyclic) bond motifs is 3. The van der Waals surface area contributed by atoms with Crippen molar-refractivity contribution < 1.29 is 4.79 Å². The van der Waals surface area contributed by atoms with Gasteiger partial charge >= 0.3 is 0 Å². The van der Waals surface area contributed by atoms with Gasteiger partial charge in [-0.3, -0.25) is 4.79 Å². The summed E-state index contributed by atoms with van der Waals surface area (Å²) in [6.07, 6.45) is 5.17. The molecule has 4 nitrogen and oxygen atoms in total. The third kappa shape index (κ3) is 2.67. The number of benzene rings is 1. The zero-order chi connectivity index (χ0) is 14.2. The predicted molar refractivity (Wildman–Crippen MR) is 84.2 cm³/mol. The minimum atomic E-state index is 0.137. The molecule has 0 unspecified atom stereocenters. The number of H-pyrrole nitrogens is 1. The summed E-state index contributed by atoms with van der Waals surface area (Å²) >= 11 is 1.48. The second-order valence-corrected chi connectivity index (χ2v) is 7.16. The summed E-state index contributed by atoms with van der Waals surface area (Å²) in [5, 5.41) is 4.03. The minimum absolute atomic E-state index is 0.137. The van der Waals surface area contributed by atoms with E-state index >= 15 is 0 Å². The van der Waals surface area contributed by atoms with Crippen LogP contribution in [0.25, 0.3) is 11.0 Å². The summed E-state index contributed by atoms with van der Waals surface area (Å²) in [5.41, 5.74) is 1.97. The van der Waals surface area contributed by atoms with Crippen molar-refractivity contribution in [1.29, 1.82) is 0 Å². The Morgan fingerprint density at radius 1 is 1.33 bits per heavy atom. The van der Waals surface area contributed by atoms with Crippen molar-refractivity contribution in [2.45, 2.75) is 36.9 Å². The topological polar surface area (TPSA) is 57.8 Å². The summed E-state index contributed by atoms with van der Waals surface area (Å²) in [6, 6.07) is 8.36. The average Bonchev–Trinajstić information content (AvgIpc) is 3.19. The van der Waals surface area contributed by atoms with Gasteiger partial charge in [0.25, 0.3) is 0 Å². The number of hydrogen-bond acceptors (Lipinski definition) is 3. The number of thioether (sulfide) groups is 1. The normalized spacial score (nSPS) is 27.3. The lowest BCUT2D eigenvalue weighted by molar-refractivity contribution is -0.119. The number of aromatic nitrogens is 2. The van der Waals surface area contributed by atoms with Gasteiger partial charge in [0.15, 0.2) is 5.16 Å². The molecule has 110 valence electrons. The first kappa shape index (κ1) is 13.2. The highest BCUT2D eigenvalue weighted by atomic mass is 32.2. The predicted octanol–water partition coefficient (Wildman–Crippen LogP) is 2.96. The van der Waals surface area contributed by atoms with Crippen molar-refractivity contribution in [2.75, 3.05) is 5.75 Å². The number of aromatic amines is 1. The van der Waals surface area contributed by atoms with E-state index in [-0.39, 0.29) is 5.91 Å². The van der Waals surface area contributed by atoms with Gasteiger partial charge in [-0.15, -0.1) is 0 Å². The lowest BCUT2D eigenvalue weighted by Crippen LogP contribution is -2.39. The number of hydrogen-bond donors (Lipinski definition) is 2. The molecule has 0 spiro atoms. The molecule has 2 saturated carbocycles. The van der Waals surface area contributed by atoms with Gasteiger partial charge < -0.3 is 10.3 Å². The Hall–Kier alpha value is -1.49. The number of para-hydroxylation sites is 2. The van der Waals surface area contributed by atoms with Gasteiger partial charge in [-0.05, 0) is 43.2 Å². The number of carbonyl (C=O) groups is 1. The van der Waals surface area contributed by atoms with Crippen LogP contribution >= 0.6 is 11.8 Å². The first-order valence-corrected chi connectivity index (χ1v) is 8.63. The zero-order valence-electron chi connectivity index (χ0n) is 11.8. The van der Waals surface area contributed by atoms with Crippen molar-refractivity contribution in [3.63, 3.8) is 0 Å². The van der Waals surface area contributed by atoms with E-state index in [0.717, 1.165) is 28.0 Å². The standard InChI is InChI=1S/C16H19N3OS/c20-15(17-14-8-10-5-6-11(14)7-10)9-21-16-18-12-3-1-2-4-13(12)19-16/h1-4,10-11,14H,5-9H2,(H,17,20)(H,18,19)/t10-,11-,14+/m0/s1. The van der Waals surface area contributed by atoms with Gasteiger partial charge in [0.1, 0.15) is 0 Å². The summed E-state index contributed by atoms with van der Waals surface area (Å²) in [5.74, 6) is 2.17. The molecule has 1 aromatic heterocycles. The number of nitrogens with zero attached hydrogens (tertiary/aromatic N) is 1. The number of rotatable bonds is 4. The summed E-state index contributed by atoms with van der Waals surface area (Å²) < 4.78 is 0.